The van der Waals surface area contributed by atoms with Crippen LogP contribution in [0.15, 0.2) is 183 Å². The Balaban J connectivity index is 1.16. The molecule has 52 heavy (non-hydrogen) atoms. The van der Waals surface area contributed by atoms with Crippen LogP contribution in [0, 0.1) is 0 Å². The lowest BCUT2D eigenvalue weighted by atomic mass is 9.97. The number of benzene rings is 8. The van der Waals surface area contributed by atoms with Crippen molar-refractivity contribution in [3.05, 3.63) is 180 Å². The Morgan fingerprint density at radius 3 is 1.98 bits per heavy atom. The van der Waals surface area contributed by atoms with E-state index in [1.54, 1.807) is 0 Å². The molecule has 0 aliphatic carbocycles. The predicted molar refractivity (Wildman–Crippen MR) is 213 cm³/mol. The highest BCUT2D eigenvalue weighted by Crippen LogP contribution is 2.40. The van der Waals surface area contributed by atoms with Gasteiger partial charge in [0.05, 0.1) is 5.56 Å². The van der Waals surface area contributed by atoms with E-state index in [0.29, 0.717) is 5.84 Å². The summed E-state index contributed by atoms with van der Waals surface area (Å²) >= 11 is 0. The van der Waals surface area contributed by atoms with Gasteiger partial charge in [-0.05, 0) is 69.1 Å². The average molecular weight is 668 g/mol. The van der Waals surface area contributed by atoms with E-state index in [0.717, 1.165) is 77.5 Å². The molecule has 10 aromatic rings. The molecule has 5 nitrogen and oxygen atoms in total. The SMILES string of the molecule is c1ccc(-c2ccc(C3=NC(c4cccc5c4oc4ccccc45)=NC(c4ccc5ccc6ccccc6c5c4)N3)c3c2oc2ccccc23)cc1. The highest BCUT2D eigenvalue weighted by molar-refractivity contribution is 6.25. The molecular weight excluding hydrogens is 639 g/mol. The number of rotatable bonds is 4. The normalized spacial score (nSPS) is 14.7. The maximum absolute atomic E-state index is 6.64. The molecule has 0 bridgehead atoms. The van der Waals surface area contributed by atoms with E-state index in [2.05, 4.69) is 133 Å². The molecule has 5 heteroatoms. The first-order valence-corrected chi connectivity index (χ1v) is 17.5. The first-order chi connectivity index (χ1) is 25.8. The van der Waals surface area contributed by atoms with E-state index in [1.807, 2.05) is 36.4 Å². The van der Waals surface area contributed by atoms with Gasteiger partial charge in [-0.25, -0.2) is 9.98 Å². The van der Waals surface area contributed by atoms with E-state index >= 15 is 0 Å². The number of amidine groups is 2. The summed E-state index contributed by atoms with van der Waals surface area (Å²) in [5.41, 5.74) is 8.23. The summed E-state index contributed by atoms with van der Waals surface area (Å²) in [6.45, 7) is 0. The Kier molecular flexibility index (Phi) is 6.25. The summed E-state index contributed by atoms with van der Waals surface area (Å²) in [4.78, 5) is 10.7. The van der Waals surface area contributed by atoms with Crippen LogP contribution in [0.5, 0.6) is 0 Å². The number of hydrogen-bond donors (Lipinski definition) is 1. The summed E-state index contributed by atoms with van der Waals surface area (Å²) in [6.07, 6.45) is -0.424. The Labute approximate surface area is 298 Å². The van der Waals surface area contributed by atoms with Crippen molar-refractivity contribution in [2.24, 2.45) is 9.98 Å². The zero-order valence-electron chi connectivity index (χ0n) is 27.9. The molecular formula is C47H29N3O2. The number of para-hydroxylation sites is 3. The van der Waals surface area contributed by atoms with E-state index in [-0.39, 0.29) is 0 Å². The lowest BCUT2D eigenvalue weighted by molar-refractivity contribution is 0.663. The van der Waals surface area contributed by atoms with Gasteiger partial charge in [-0.15, -0.1) is 0 Å². The van der Waals surface area contributed by atoms with Gasteiger partial charge in [0.25, 0.3) is 0 Å². The van der Waals surface area contributed by atoms with Crippen molar-refractivity contribution in [3.8, 4) is 11.1 Å². The molecule has 0 spiro atoms. The van der Waals surface area contributed by atoms with Crippen LogP contribution in [0.1, 0.15) is 22.9 Å². The summed E-state index contributed by atoms with van der Waals surface area (Å²) < 4.78 is 13.2. The van der Waals surface area contributed by atoms with Crippen LogP contribution in [0.3, 0.4) is 0 Å². The molecule has 11 rings (SSSR count). The maximum atomic E-state index is 6.64. The van der Waals surface area contributed by atoms with Gasteiger partial charge >= 0.3 is 0 Å². The fourth-order valence-corrected chi connectivity index (χ4v) is 7.86. The van der Waals surface area contributed by atoms with Gasteiger partial charge < -0.3 is 14.2 Å². The van der Waals surface area contributed by atoms with Crippen LogP contribution in [0.2, 0.25) is 0 Å². The molecule has 1 unspecified atom stereocenters. The molecule has 2 aromatic heterocycles. The second-order valence-electron chi connectivity index (χ2n) is 13.3. The number of aliphatic imine (C=N–C) groups is 2. The zero-order valence-corrected chi connectivity index (χ0v) is 27.9. The summed E-state index contributed by atoms with van der Waals surface area (Å²) in [5.74, 6) is 1.33. The minimum absolute atomic E-state index is 0.424. The minimum Gasteiger partial charge on any atom is -0.455 e. The molecule has 0 amide bonds. The molecule has 0 saturated heterocycles. The monoisotopic (exact) mass is 667 g/mol. The van der Waals surface area contributed by atoms with Gasteiger partial charge in [-0.2, -0.15) is 0 Å². The van der Waals surface area contributed by atoms with Crippen molar-refractivity contribution in [2.75, 3.05) is 0 Å². The van der Waals surface area contributed by atoms with Crippen molar-refractivity contribution in [1.82, 2.24) is 5.32 Å². The minimum atomic E-state index is -0.424. The lowest BCUT2D eigenvalue weighted by Gasteiger charge is -2.24. The lowest BCUT2D eigenvalue weighted by Crippen LogP contribution is -2.33. The number of nitrogens with zero attached hydrogens (tertiary/aromatic N) is 2. The van der Waals surface area contributed by atoms with Gasteiger partial charge in [0, 0.05) is 32.7 Å². The molecule has 1 atom stereocenters. The molecule has 0 fully saturated rings. The predicted octanol–water partition coefficient (Wildman–Crippen LogP) is 12.0. The van der Waals surface area contributed by atoms with Crippen molar-refractivity contribution in [2.45, 2.75) is 6.17 Å². The third kappa shape index (κ3) is 4.42. The first-order valence-electron chi connectivity index (χ1n) is 17.5. The maximum Gasteiger partial charge on any atom is 0.163 e. The fraction of sp³-hybridized carbons (Fsp3) is 0.0213. The molecule has 1 N–H and O–H groups in total. The second kappa shape index (κ2) is 11.3. The first kappa shape index (κ1) is 28.8. The Bertz CT molecular complexity index is 3110. The van der Waals surface area contributed by atoms with Gasteiger partial charge in [-0.3, -0.25) is 0 Å². The highest BCUT2D eigenvalue weighted by atomic mass is 16.3. The van der Waals surface area contributed by atoms with Crippen molar-refractivity contribution in [1.29, 1.82) is 0 Å². The zero-order chi connectivity index (χ0) is 34.2. The third-order valence-corrected chi connectivity index (χ3v) is 10.3. The van der Waals surface area contributed by atoms with E-state index in [9.17, 15) is 0 Å². The molecule has 1 aliphatic rings. The summed E-state index contributed by atoms with van der Waals surface area (Å²) in [7, 11) is 0. The van der Waals surface area contributed by atoms with Crippen molar-refractivity contribution < 1.29 is 8.83 Å². The van der Waals surface area contributed by atoms with Gasteiger partial charge in [0.15, 0.2) is 5.84 Å². The number of fused-ring (bicyclic) bond motifs is 9. The Morgan fingerprint density at radius 1 is 0.462 bits per heavy atom. The van der Waals surface area contributed by atoms with Gasteiger partial charge in [-0.1, -0.05) is 127 Å². The molecule has 8 aromatic carbocycles. The third-order valence-electron chi connectivity index (χ3n) is 10.3. The Morgan fingerprint density at radius 2 is 1.12 bits per heavy atom. The smallest absolute Gasteiger partial charge is 0.163 e. The Hall–Kier alpha value is -6.98. The van der Waals surface area contributed by atoms with E-state index in [1.165, 1.54) is 21.5 Å². The number of furan rings is 2. The molecule has 0 radical (unpaired) electrons. The standard InChI is InChI=1S/C47H29N3O2/c1-2-11-28(12-3-1)33-25-26-37(42-36-16-7-9-20-41(36)52-44(33)42)46-48-45(31-24-23-30-22-21-29-13-4-5-14-32(29)39(30)27-31)49-47(50-46)38-18-10-17-35-34-15-6-8-19-40(34)51-43(35)38/h1-27,45H,(H,48,49,50). The van der Waals surface area contributed by atoms with Crippen LogP contribution in [0.25, 0.3) is 76.5 Å². The van der Waals surface area contributed by atoms with Gasteiger partial charge in [0.2, 0.25) is 0 Å². The highest BCUT2D eigenvalue weighted by Gasteiger charge is 2.27. The van der Waals surface area contributed by atoms with Crippen LogP contribution in [-0.4, -0.2) is 11.7 Å². The molecule has 0 saturated carbocycles. The number of nitrogens with one attached hydrogen (secondary N) is 1. The van der Waals surface area contributed by atoms with Crippen LogP contribution < -0.4 is 5.32 Å². The van der Waals surface area contributed by atoms with E-state index in [4.69, 9.17) is 18.8 Å². The number of hydrogen-bond acceptors (Lipinski definition) is 5. The molecule has 3 heterocycles. The second-order valence-corrected chi connectivity index (χ2v) is 13.3. The summed E-state index contributed by atoms with van der Waals surface area (Å²) in [6, 6.07) is 56.8. The topological polar surface area (TPSA) is 63.0 Å². The fourth-order valence-electron chi connectivity index (χ4n) is 7.86. The average Bonchev–Trinajstić information content (AvgIpc) is 3.80. The van der Waals surface area contributed by atoms with Crippen LogP contribution in [-0.2, 0) is 0 Å². The molecule has 244 valence electrons. The summed E-state index contributed by atoms with van der Waals surface area (Å²) in [5, 5.41) is 12.7. The quantitative estimate of drug-likeness (QED) is 0.190. The van der Waals surface area contributed by atoms with E-state index < -0.39 is 6.17 Å². The molecule has 1 aliphatic heterocycles. The van der Waals surface area contributed by atoms with Gasteiger partial charge in [0.1, 0.15) is 34.3 Å². The van der Waals surface area contributed by atoms with Crippen molar-refractivity contribution >= 4 is 77.1 Å². The van der Waals surface area contributed by atoms with Crippen LogP contribution >= 0.6 is 0 Å². The largest absolute Gasteiger partial charge is 0.455 e. The van der Waals surface area contributed by atoms with Crippen molar-refractivity contribution in [3.63, 3.8) is 0 Å². The van der Waals surface area contributed by atoms with Crippen LogP contribution in [0.4, 0.5) is 0 Å².